The van der Waals surface area contributed by atoms with Gasteiger partial charge in [-0.25, -0.2) is 0 Å². The molecule has 2 amide bonds. The van der Waals surface area contributed by atoms with Crippen LogP contribution in [0.1, 0.15) is 63.1 Å². The second-order valence-corrected chi connectivity index (χ2v) is 11.3. The molecule has 1 aliphatic carbocycles. The molecule has 0 bridgehead atoms. The van der Waals surface area contributed by atoms with Crippen molar-refractivity contribution in [2.75, 3.05) is 11.5 Å². The van der Waals surface area contributed by atoms with Gasteiger partial charge in [-0.05, 0) is 92.0 Å². The molecule has 0 radical (unpaired) electrons. The predicted octanol–water partition coefficient (Wildman–Crippen LogP) is 5.71. The zero-order valence-electron chi connectivity index (χ0n) is 23.6. The van der Waals surface area contributed by atoms with Crippen LogP contribution >= 0.6 is 0 Å². The monoisotopic (exact) mass is 531 g/mol. The van der Waals surface area contributed by atoms with Crippen LogP contribution in [0.15, 0.2) is 59.2 Å². The quantitative estimate of drug-likeness (QED) is 0.284. The van der Waals surface area contributed by atoms with E-state index in [4.69, 9.17) is 0 Å². The normalized spacial score (nSPS) is 22.6. The highest BCUT2D eigenvalue weighted by atomic mass is 16.3. The minimum absolute atomic E-state index is 0.0717. The van der Waals surface area contributed by atoms with E-state index in [9.17, 15) is 24.9 Å². The molecule has 2 aliphatic rings. The number of hydrogen-bond acceptors (Lipinski definition) is 5. The number of para-hydroxylation sites is 1. The molecule has 4 rings (SSSR count). The molecule has 2 aromatic carbocycles. The average Bonchev–Trinajstić information content (AvgIpc) is 3.17. The van der Waals surface area contributed by atoms with Crippen LogP contribution in [-0.4, -0.2) is 39.8 Å². The van der Waals surface area contributed by atoms with E-state index in [-0.39, 0.29) is 24.3 Å². The van der Waals surface area contributed by atoms with Gasteiger partial charge in [0.1, 0.15) is 5.75 Å². The molecule has 1 heterocycles. The number of aryl methyl sites for hydroxylation is 2. The maximum atomic E-state index is 13.6. The second kappa shape index (κ2) is 11.9. The average molecular weight is 532 g/mol. The Morgan fingerprint density at radius 1 is 1.08 bits per heavy atom. The summed E-state index contributed by atoms with van der Waals surface area (Å²) >= 11 is 0. The number of aromatic hydroxyl groups is 1. The summed E-state index contributed by atoms with van der Waals surface area (Å²) in [5, 5.41) is 32.2. The predicted molar refractivity (Wildman–Crippen MR) is 154 cm³/mol. The molecule has 208 valence electrons. The van der Waals surface area contributed by atoms with Crippen molar-refractivity contribution < 1.29 is 24.9 Å². The van der Waals surface area contributed by atoms with E-state index in [1.165, 1.54) is 10.5 Å². The number of rotatable bonds is 9. The lowest BCUT2D eigenvalue weighted by atomic mass is 9.66. The Bertz CT molecular complexity index is 1270. The van der Waals surface area contributed by atoms with Gasteiger partial charge < -0.3 is 15.3 Å². The molecule has 2 aromatic rings. The highest BCUT2D eigenvalue weighted by Crippen LogP contribution is 2.48. The molecule has 1 aliphatic heterocycles. The molecule has 3 N–H and O–H groups in total. The zero-order chi connectivity index (χ0) is 28.4. The lowest BCUT2D eigenvalue weighted by molar-refractivity contribution is -0.123. The fraction of sp³-hybridized carbons (Fsp3) is 0.455. The molecule has 0 spiro atoms. The van der Waals surface area contributed by atoms with Gasteiger partial charge in [0, 0.05) is 5.92 Å². The van der Waals surface area contributed by atoms with Crippen LogP contribution in [0.25, 0.3) is 6.08 Å². The van der Waals surface area contributed by atoms with E-state index >= 15 is 0 Å². The molecule has 1 fully saturated rings. The summed E-state index contributed by atoms with van der Waals surface area (Å²) in [4.78, 5) is 28.4. The number of benzene rings is 2. The number of fused-ring (bicyclic) bond motifs is 1. The third-order valence-electron chi connectivity index (χ3n) is 8.46. The number of nitrogens with zero attached hydrogens (tertiary/aromatic N) is 1. The number of amides is 2. The Morgan fingerprint density at radius 3 is 2.28 bits per heavy atom. The minimum Gasteiger partial charge on any atom is -0.507 e. The van der Waals surface area contributed by atoms with Gasteiger partial charge in [-0.3, -0.25) is 14.5 Å². The van der Waals surface area contributed by atoms with Gasteiger partial charge in [0.25, 0.3) is 0 Å². The van der Waals surface area contributed by atoms with E-state index in [2.05, 4.69) is 13.0 Å². The van der Waals surface area contributed by atoms with Crippen molar-refractivity contribution >= 4 is 23.6 Å². The summed E-state index contributed by atoms with van der Waals surface area (Å²) in [7, 11) is 0. The van der Waals surface area contributed by atoms with Crippen molar-refractivity contribution in [3.05, 3.63) is 75.9 Å². The molecule has 0 unspecified atom stereocenters. The number of imide groups is 1. The first-order valence-electron chi connectivity index (χ1n) is 14.0. The second-order valence-electron chi connectivity index (χ2n) is 11.3. The summed E-state index contributed by atoms with van der Waals surface area (Å²) in [5.74, 6) is -1.95. The molecule has 4 atom stereocenters. The Balaban J connectivity index is 1.61. The molecule has 6 heteroatoms. The van der Waals surface area contributed by atoms with Gasteiger partial charge in [0.05, 0.1) is 30.2 Å². The Labute approximate surface area is 231 Å². The highest BCUT2D eigenvalue weighted by molar-refractivity contribution is 6.22. The van der Waals surface area contributed by atoms with Gasteiger partial charge in [-0.2, -0.15) is 0 Å². The molecule has 0 aromatic heterocycles. The third-order valence-corrected chi connectivity index (χ3v) is 8.46. The first-order valence-corrected chi connectivity index (χ1v) is 14.0. The summed E-state index contributed by atoms with van der Waals surface area (Å²) in [5.41, 5.74) is 6.09. The summed E-state index contributed by atoms with van der Waals surface area (Å²) in [6, 6.07) is 12.9. The maximum Gasteiger partial charge on any atom is 0.238 e. The van der Waals surface area contributed by atoms with Crippen LogP contribution in [0.5, 0.6) is 5.75 Å². The fourth-order valence-electron chi connectivity index (χ4n) is 6.41. The van der Waals surface area contributed by atoms with E-state index in [0.717, 1.165) is 34.3 Å². The van der Waals surface area contributed by atoms with Gasteiger partial charge >= 0.3 is 0 Å². The molecule has 39 heavy (non-hydrogen) atoms. The molecule has 1 saturated heterocycles. The van der Waals surface area contributed by atoms with Crippen LogP contribution in [0.4, 0.5) is 5.69 Å². The Kier molecular flexibility index (Phi) is 8.77. The van der Waals surface area contributed by atoms with Crippen molar-refractivity contribution in [1.29, 1.82) is 0 Å². The molecular formula is C33H41NO5. The number of carbonyl (C=O) groups is 2. The number of allylic oxidation sites excluding steroid dienone is 2. The van der Waals surface area contributed by atoms with E-state index in [1.807, 2.05) is 45.9 Å². The van der Waals surface area contributed by atoms with Crippen molar-refractivity contribution in [3.8, 4) is 5.75 Å². The summed E-state index contributed by atoms with van der Waals surface area (Å²) in [6.07, 6.45) is 3.63. The Hall–Kier alpha value is -3.22. The van der Waals surface area contributed by atoms with Crippen LogP contribution in [0.2, 0.25) is 0 Å². The van der Waals surface area contributed by atoms with Crippen LogP contribution in [0.3, 0.4) is 0 Å². The topological polar surface area (TPSA) is 98.1 Å². The number of phenolic OH excluding ortho intramolecular Hbond substituents is 1. The van der Waals surface area contributed by atoms with Crippen molar-refractivity contribution in [1.82, 2.24) is 0 Å². The number of carbonyl (C=O) groups excluding carboxylic acids is 2. The number of anilines is 1. The van der Waals surface area contributed by atoms with Crippen LogP contribution < -0.4 is 4.90 Å². The zero-order valence-corrected chi connectivity index (χ0v) is 23.6. The van der Waals surface area contributed by atoms with Gasteiger partial charge in [-0.15, -0.1) is 0 Å². The molecular weight excluding hydrogens is 490 g/mol. The first-order chi connectivity index (χ1) is 18.6. The minimum atomic E-state index is -0.826. The van der Waals surface area contributed by atoms with E-state index in [0.29, 0.717) is 30.7 Å². The van der Waals surface area contributed by atoms with E-state index in [1.54, 1.807) is 24.3 Å². The van der Waals surface area contributed by atoms with Crippen LogP contribution in [-0.2, 0) is 9.59 Å². The van der Waals surface area contributed by atoms with E-state index < -0.39 is 23.9 Å². The summed E-state index contributed by atoms with van der Waals surface area (Å²) in [6.45, 7) is 9.64. The van der Waals surface area contributed by atoms with Crippen molar-refractivity contribution in [2.24, 2.45) is 23.7 Å². The lowest BCUT2D eigenvalue weighted by Gasteiger charge is -2.38. The van der Waals surface area contributed by atoms with Crippen molar-refractivity contribution in [3.63, 3.8) is 0 Å². The van der Waals surface area contributed by atoms with Gasteiger partial charge in [0.15, 0.2) is 0 Å². The Morgan fingerprint density at radius 2 is 1.72 bits per heavy atom. The van der Waals surface area contributed by atoms with Crippen molar-refractivity contribution in [2.45, 2.75) is 66.4 Å². The molecule has 0 saturated carbocycles. The maximum absolute atomic E-state index is 13.6. The molecule has 6 nitrogen and oxygen atoms in total. The van der Waals surface area contributed by atoms with Gasteiger partial charge in [0.2, 0.25) is 11.8 Å². The first kappa shape index (κ1) is 28.8. The number of aliphatic hydroxyl groups excluding tert-OH is 2. The van der Waals surface area contributed by atoms with Gasteiger partial charge in [-0.1, -0.05) is 56.2 Å². The number of phenols is 1. The largest absolute Gasteiger partial charge is 0.507 e. The SMILES string of the molecule is CC/C(=C\c1cc(C)c(O)c(C)c1)CC[C@@H](O)C1=C(C(C)C)C[C@H]2C(=O)N(c3ccccc3)C(=O)[C@H]2[C@H]1CO. The van der Waals surface area contributed by atoms with Crippen LogP contribution in [0, 0.1) is 37.5 Å². The standard InChI is InChI=1S/C33H41NO5/c1-6-22(16-23-14-20(4)31(37)21(5)15-23)12-13-28(36)29-25(19(2)3)17-26-30(27(29)18-35)33(39)34(32(26)38)24-10-8-7-9-11-24/h7-11,14-16,19,26-28,30,35-37H,6,12-13,17-18H2,1-5H3/b22-16+/t26-,27+,28-,30-/m1/s1. The smallest absolute Gasteiger partial charge is 0.238 e. The highest BCUT2D eigenvalue weighted by Gasteiger charge is 2.55. The summed E-state index contributed by atoms with van der Waals surface area (Å²) < 4.78 is 0. The number of aliphatic hydroxyl groups is 2. The number of hydrogen-bond donors (Lipinski definition) is 3. The third kappa shape index (κ3) is 5.59. The lowest BCUT2D eigenvalue weighted by Crippen LogP contribution is -2.39. The fourth-order valence-corrected chi connectivity index (χ4v) is 6.41.